The normalized spacial score (nSPS) is 23.7. The van der Waals surface area contributed by atoms with E-state index in [1.54, 1.807) is 12.1 Å². The highest BCUT2D eigenvalue weighted by Gasteiger charge is 2.26. The van der Waals surface area contributed by atoms with E-state index in [4.69, 9.17) is 11.6 Å². The van der Waals surface area contributed by atoms with Crippen molar-refractivity contribution in [2.24, 2.45) is 0 Å². The van der Waals surface area contributed by atoms with Gasteiger partial charge >= 0.3 is 0 Å². The average molecular weight is 335 g/mol. The maximum atomic E-state index is 13.8. The number of halogens is 3. The van der Waals surface area contributed by atoms with E-state index < -0.39 is 11.7 Å². The van der Waals surface area contributed by atoms with Gasteiger partial charge in [0.1, 0.15) is 5.82 Å². The van der Waals surface area contributed by atoms with E-state index in [9.17, 15) is 9.18 Å². The zero-order chi connectivity index (χ0) is 13.1. The molecule has 0 saturated heterocycles. The van der Waals surface area contributed by atoms with Gasteiger partial charge in [-0.2, -0.15) is 0 Å². The van der Waals surface area contributed by atoms with Gasteiger partial charge in [0.05, 0.1) is 15.4 Å². The quantitative estimate of drug-likeness (QED) is 0.817. The van der Waals surface area contributed by atoms with Crippen LogP contribution in [0.2, 0.25) is 0 Å². The van der Waals surface area contributed by atoms with Crippen molar-refractivity contribution in [1.82, 2.24) is 5.32 Å². The molecule has 2 nitrogen and oxygen atoms in total. The molecule has 1 saturated carbocycles. The van der Waals surface area contributed by atoms with Crippen LogP contribution in [0.5, 0.6) is 0 Å². The Hall–Kier alpha value is -0.610. The number of benzene rings is 1. The first kappa shape index (κ1) is 13.8. The van der Waals surface area contributed by atoms with Crippen LogP contribution < -0.4 is 5.32 Å². The Labute approximate surface area is 119 Å². The van der Waals surface area contributed by atoms with Gasteiger partial charge in [0.25, 0.3) is 5.91 Å². The molecule has 0 spiro atoms. The number of carbonyl (C=O) groups is 1. The SMILES string of the molecule is O=C(NC1CCCCC1Cl)c1cccc(Br)c1F. The zero-order valence-electron chi connectivity index (χ0n) is 9.76. The van der Waals surface area contributed by atoms with Crippen molar-refractivity contribution in [3.05, 3.63) is 34.1 Å². The molecular weight excluding hydrogens is 321 g/mol. The molecule has 1 aromatic carbocycles. The van der Waals surface area contributed by atoms with Crippen molar-refractivity contribution in [2.75, 3.05) is 0 Å². The molecule has 2 rings (SSSR count). The predicted molar refractivity (Wildman–Crippen MR) is 73.5 cm³/mol. The lowest BCUT2D eigenvalue weighted by atomic mass is 9.94. The summed E-state index contributed by atoms with van der Waals surface area (Å²) in [5.74, 6) is -0.928. The lowest BCUT2D eigenvalue weighted by molar-refractivity contribution is 0.0924. The molecule has 0 aliphatic heterocycles. The van der Waals surface area contributed by atoms with Gasteiger partial charge in [-0.1, -0.05) is 18.9 Å². The summed E-state index contributed by atoms with van der Waals surface area (Å²) in [5.41, 5.74) is 0.0545. The van der Waals surface area contributed by atoms with Crippen LogP contribution in [-0.4, -0.2) is 17.3 Å². The Morgan fingerprint density at radius 3 is 2.83 bits per heavy atom. The summed E-state index contributed by atoms with van der Waals surface area (Å²) in [7, 11) is 0. The molecular formula is C13H14BrClFNO. The molecule has 1 aromatic rings. The van der Waals surface area contributed by atoms with E-state index in [0.717, 1.165) is 25.7 Å². The lowest BCUT2D eigenvalue weighted by Gasteiger charge is -2.27. The summed E-state index contributed by atoms with van der Waals surface area (Å²) in [6.07, 6.45) is 3.89. The third-order valence-electron chi connectivity index (χ3n) is 3.19. The second-order valence-corrected chi connectivity index (χ2v) is 5.90. The minimum Gasteiger partial charge on any atom is -0.348 e. The number of carbonyl (C=O) groups excluding carboxylic acids is 1. The summed E-state index contributed by atoms with van der Waals surface area (Å²) >= 11 is 9.24. The topological polar surface area (TPSA) is 29.1 Å². The number of hydrogen-bond acceptors (Lipinski definition) is 1. The molecule has 1 amide bonds. The second-order valence-electron chi connectivity index (χ2n) is 4.48. The Kier molecular flexibility index (Phi) is 4.62. The molecule has 98 valence electrons. The Morgan fingerprint density at radius 1 is 1.39 bits per heavy atom. The molecule has 0 radical (unpaired) electrons. The Bertz CT molecular complexity index is 455. The van der Waals surface area contributed by atoms with Crippen molar-refractivity contribution in [3.8, 4) is 0 Å². The fraction of sp³-hybridized carbons (Fsp3) is 0.462. The maximum Gasteiger partial charge on any atom is 0.254 e. The van der Waals surface area contributed by atoms with Crippen LogP contribution in [0.4, 0.5) is 4.39 Å². The van der Waals surface area contributed by atoms with Gasteiger partial charge in [0.2, 0.25) is 0 Å². The van der Waals surface area contributed by atoms with Crippen LogP contribution >= 0.6 is 27.5 Å². The van der Waals surface area contributed by atoms with Gasteiger partial charge in [0.15, 0.2) is 0 Å². The fourth-order valence-electron chi connectivity index (χ4n) is 2.17. The molecule has 1 fully saturated rings. The summed E-state index contributed by atoms with van der Waals surface area (Å²) in [6, 6.07) is 4.62. The standard InChI is InChI=1S/C13H14BrClFNO/c14-9-5-3-4-8(12(9)16)13(18)17-11-7-2-1-6-10(11)15/h3-5,10-11H,1-2,6-7H2,(H,17,18). The van der Waals surface area contributed by atoms with E-state index in [2.05, 4.69) is 21.2 Å². The molecule has 1 N–H and O–H groups in total. The van der Waals surface area contributed by atoms with Crippen molar-refractivity contribution in [2.45, 2.75) is 37.1 Å². The summed E-state index contributed by atoms with van der Waals surface area (Å²) < 4.78 is 14.1. The molecule has 5 heteroatoms. The molecule has 0 aromatic heterocycles. The highest BCUT2D eigenvalue weighted by atomic mass is 79.9. The number of nitrogens with one attached hydrogen (secondary N) is 1. The number of rotatable bonds is 2. The monoisotopic (exact) mass is 333 g/mol. The third kappa shape index (κ3) is 3.04. The first-order chi connectivity index (χ1) is 8.59. The first-order valence-corrected chi connectivity index (χ1v) is 7.21. The highest BCUT2D eigenvalue weighted by Crippen LogP contribution is 2.24. The Balaban J connectivity index is 2.09. The van der Waals surface area contributed by atoms with Crippen molar-refractivity contribution < 1.29 is 9.18 Å². The van der Waals surface area contributed by atoms with Gasteiger partial charge in [-0.25, -0.2) is 4.39 Å². The molecule has 2 atom stereocenters. The molecule has 2 unspecified atom stereocenters. The van der Waals surface area contributed by atoms with Gasteiger partial charge in [-0.05, 0) is 40.9 Å². The van der Waals surface area contributed by atoms with E-state index in [1.807, 2.05) is 0 Å². The highest BCUT2D eigenvalue weighted by molar-refractivity contribution is 9.10. The molecule has 18 heavy (non-hydrogen) atoms. The van der Waals surface area contributed by atoms with Gasteiger partial charge in [0, 0.05) is 6.04 Å². The summed E-state index contributed by atoms with van der Waals surface area (Å²) in [6.45, 7) is 0. The molecule has 0 bridgehead atoms. The van der Waals surface area contributed by atoms with Gasteiger partial charge < -0.3 is 5.32 Å². The van der Waals surface area contributed by atoms with Crippen molar-refractivity contribution in [3.63, 3.8) is 0 Å². The van der Waals surface area contributed by atoms with Crippen LogP contribution in [0.3, 0.4) is 0 Å². The largest absolute Gasteiger partial charge is 0.348 e. The lowest BCUT2D eigenvalue weighted by Crippen LogP contribution is -2.43. The average Bonchev–Trinajstić information content (AvgIpc) is 2.35. The van der Waals surface area contributed by atoms with Crippen LogP contribution in [0.15, 0.2) is 22.7 Å². The van der Waals surface area contributed by atoms with Crippen molar-refractivity contribution >= 4 is 33.4 Å². The van der Waals surface area contributed by atoms with Crippen LogP contribution in [0.25, 0.3) is 0 Å². The first-order valence-electron chi connectivity index (χ1n) is 5.98. The second kappa shape index (κ2) is 6.02. The zero-order valence-corrected chi connectivity index (χ0v) is 12.1. The summed E-state index contributed by atoms with van der Waals surface area (Å²) in [4.78, 5) is 12.0. The number of amides is 1. The minimum absolute atomic E-state index is 0.0545. The fourth-order valence-corrected chi connectivity index (χ4v) is 2.88. The molecule has 0 heterocycles. The van der Waals surface area contributed by atoms with Crippen molar-refractivity contribution in [1.29, 1.82) is 0 Å². The number of alkyl halides is 1. The maximum absolute atomic E-state index is 13.8. The van der Waals surface area contributed by atoms with E-state index in [-0.39, 0.29) is 17.0 Å². The Morgan fingerprint density at radius 2 is 2.11 bits per heavy atom. The summed E-state index contributed by atoms with van der Waals surface area (Å²) in [5, 5.41) is 2.76. The minimum atomic E-state index is -0.531. The predicted octanol–water partition coefficient (Wildman–Crippen LogP) is 3.87. The van der Waals surface area contributed by atoms with E-state index in [0.29, 0.717) is 4.47 Å². The van der Waals surface area contributed by atoms with Crippen LogP contribution in [0.1, 0.15) is 36.0 Å². The van der Waals surface area contributed by atoms with E-state index in [1.165, 1.54) is 6.07 Å². The van der Waals surface area contributed by atoms with Crippen LogP contribution in [0, 0.1) is 5.82 Å². The van der Waals surface area contributed by atoms with Gasteiger partial charge in [-0.3, -0.25) is 4.79 Å². The molecule has 1 aliphatic carbocycles. The number of hydrogen-bond donors (Lipinski definition) is 1. The smallest absolute Gasteiger partial charge is 0.254 e. The van der Waals surface area contributed by atoms with E-state index >= 15 is 0 Å². The van der Waals surface area contributed by atoms with Gasteiger partial charge in [-0.15, -0.1) is 11.6 Å². The van der Waals surface area contributed by atoms with Crippen LogP contribution in [-0.2, 0) is 0 Å². The third-order valence-corrected chi connectivity index (χ3v) is 4.33. The molecule has 1 aliphatic rings.